The number of rotatable bonds is 0. The fourth-order valence-corrected chi connectivity index (χ4v) is 3.01. The van der Waals surface area contributed by atoms with Gasteiger partial charge in [0.25, 0.3) is 0 Å². The molecule has 0 aliphatic heterocycles. The summed E-state index contributed by atoms with van der Waals surface area (Å²) in [6.07, 6.45) is 5.47. The highest BCUT2D eigenvalue weighted by atomic mass is 16.3. The Hall–Kier alpha value is -0.0800. The van der Waals surface area contributed by atoms with E-state index in [1.165, 1.54) is 0 Å². The van der Waals surface area contributed by atoms with Crippen LogP contribution < -0.4 is 0 Å². The van der Waals surface area contributed by atoms with E-state index in [-0.39, 0.29) is 11.5 Å². The maximum atomic E-state index is 10.3. The number of fused-ring (bicyclic) bond motifs is 1. The van der Waals surface area contributed by atoms with Crippen LogP contribution in [0.3, 0.4) is 0 Å². The van der Waals surface area contributed by atoms with Crippen molar-refractivity contribution in [1.82, 2.24) is 0 Å². The van der Waals surface area contributed by atoms with Gasteiger partial charge in [-0.05, 0) is 25.7 Å². The second kappa shape index (κ2) is 2.46. The average molecular weight is 170 g/mol. The van der Waals surface area contributed by atoms with E-state index in [9.17, 15) is 10.2 Å². The topological polar surface area (TPSA) is 40.5 Å². The maximum Gasteiger partial charge on any atom is 0.0726 e. The molecule has 2 fully saturated rings. The molecule has 2 aliphatic rings. The first kappa shape index (κ1) is 8.52. The Morgan fingerprint density at radius 3 is 2.50 bits per heavy atom. The molecule has 2 rings (SSSR count). The van der Waals surface area contributed by atoms with Crippen LogP contribution in [0.1, 0.15) is 45.4 Å². The quantitative estimate of drug-likeness (QED) is 0.577. The van der Waals surface area contributed by atoms with Crippen LogP contribution in [0.5, 0.6) is 0 Å². The Morgan fingerprint density at radius 1 is 1.17 bits per heavy atom. The second-order valence-corrected chi connectivity index (χ2v) is 4.71. The molecule has 0 amide bonds. The van der Waals surface area contributed by atoms with Gasteiger partial charge in [-0.1, -0.05) is 19.8 Å². The first-order valence-corrected chi connectivity index (χ1v) is 4.99. The summed E-state index contributed by atoms with van der Waals surface area (Å²) in [6, 6.07) is 0. The van der Waals surface area contributed by atoms with Crippen LogP contribution in [0.15, 0.2) is 0 Å². The largest absolute Gasteiger partial charge is 0.392 e. The SMILES string of the molecule is CC12CCCCC1(O)CCC2O. The van der Waals surface area contributed by atoms with E-state index >= 15 is 0 Å². The molecule has 0 radical (unpaired) electrons. The first-order chi connectivity index (χ1) is 5.58. The summed E-state index contributed by atoms with van der Waals surface area (Å²) in [4.78, 5) is 0. The predicted octanol–water partition coefficient (Wildman–Crippen LogP) is 1.45. The third kappa shape index (κ3) is 0.882. The molecule has 0 aromatic rings. The lowest BCUT2D eigenvalue weighted by Gasteiger charge is -2.45. The summed E-state index contributed by atoms with van der Waals surface area (Å²) in [6.45, 7) is 2.05. The monoisotopic (exact) mass is 170 g/mol. The van der Waals surface area contributed by atoms with Crippen molar-refractivity contribution in [3.8, 4) is 0 Å². The molecule has 2 aliphatic carbocycles. The highest BCUT2D eigenvalue weighted by Crippen LogP contribution is 2.54. The molecule has 2 nitrogen and oxygen atoms in total. The van der Waals surface area contributed by atoms with Crippen molar-refractivity contribution in [2.45, 2.75) is 57.2 Å². The van der Waals surface area contributed by atoms with E-state index < -0.39 is 5.60 Å². The van der Waals surface area contributed by atoms with Crippen molar-refractivity contribution in [3.05, 3.63) is 0 Å². The van der Waals surface area contributed by atoms with E-state index in [1.807, 2.05) is 6.92 Å². The van der Waals surface area contributed by atoms with Crippen LogP contribution in [0.2, 0.25) is 0 Å². The fraction of sp³-hybridized carbons (Fsp3) is 1.00. The molecule has 0 aromatic heterocycles. The number of hydrogen-bond acceptors (Lipinski definition) is 2. The van der Waals surface area contributed by atoms with Gasteiger partial charge in [-0.25, -0.2) is 0 Å². The molecular formula is C10H18O2. The number of aliphatic hydroxyl groups excluding tert-OH is 1. The minimum Gasteiger partial charge on any atom is -0.392 e. The number of aliphatic hydroxyl groups is 2. The standard InChI is InChI=1S/C10H18O2/c1-9-5-2-3-6-10(9,12)7-4-8(9)11/h8,11-12H,2-7H2,1H3. The smallest absolute Gasteiger partial charge is 0.0726 e. The Kier molecular flexibility index (Phi) is 1.74. The van der Waals surface area contributed by atoms with Crippen LogP contribution >= 0.6 is 0 Å². The highest BCUT2D eigenvalue weighted by Gasteiger charge is 2.56. The third-order valence-electron chi connectivity index (χ3n) is 4.17. The summed E-state index contributed by atoms with van der Waals surface area (Å²) in [5.41, 5.74) is -0.754. The van der Waals surface area contributed by atoms with Crippen LogP contribution in [0.4, 0.5) is 0 Å². The van der Waals surface area contributed by atoms with E-state index in [0.717, 1.165) is 38.5 Å². The third-order valence-corrected chi connectivity index (χ3v) is 4.17. The molecule has 0 saturated heterocycles. The van der Waals surface area contributed by atoms with Gasteiger partial charge in [-0.15, -0.1) is 0 Å². The molecule has 2 N–H and O–H groups in total. The van der Waals surface area contributed by atoms with Gasteiger partial charge in [0.05, 0.1) is 11.7 Å². The summed E-state index contributed by atoms with van der Waals surface area (Å²) >= 11 is 0. The lowest BCUT2D eigenvalue weighted by Crippen LogP contribution is -2.49. The normalized spacial score (nSPS) is 53.8. The molecule has 0 bridgehead atoms. The molecule has 12 heavy (non-hydrogen) atoms. The first-order valence-electron chi connectivity index (χ1n) is 4.99. The van der Waals surface area contributed by atoms with Crippen molar-refractivity contribution >= 4 is 0 Å². The summed E-state index contributed by atoms with van der Waals surface area (Å²) in [7, 11) is 0. The molecule has 2 saturated carbocycles. The molecule has 0 aromatic carbocycles. The summed E-state index contributed by atoms with van der Waals surface area (Å²) in [5, 5.41) is 20.1. The van der Waals surface area contributed by atoms with Crippen LogP contribution in [0, 0.1) is 5.41 Å². The van der Waals surface area contributed by atoms with Crippen LogP contribution in [-0.2, 0) is 0 Å². The zero-order valence-corrected chi connectivity index (χ0v) is 7.71. The van der Waals surface area contributed by atoms with Gasteiger partial charge < -0.3 is 10.2 Å². The van der Waals surface area contributed by atoms with Crippen molar-refractivity contribution in [2.24, 2.45) is 5.41 Å². The second-order valence-electron chi connectivity index (χ2n) is 4.71. The van der Waals surface area contributed by atoms with Gasteiger partial charge in [0.1, 0.15) is 0 Å². The number of hydrogen-bond donors (Lipinski definition) is 2. The average Bonchev–Trinajstić information content (AvgIpc) is 2.28. The van der Waals surface area contributed by atoms with Crippen molar-refractivity contribution in [1.29, 1.82) is 0 Å². The Balaban J connectivity index is 2.29. The van der Waals surface area contributed by atoms with Gasteiger partial charge >= 0.3 is 0 Å². The molecule has 2 heteroatoms. The van der Waals surface area contributed by atoms with Gasteiger partial charge in [0.2, 0.25) is 0 Å². The zero-order valence-electron chi connectivity index (χ0n) is 7.71. The molecule has 0 spiro atoms. The molecule has 0 heterocycles. The lowest BCUT2D eigenvalue weighted by atomic mass is 9.65. The van der Waals surface area contributed by atoms with Crippen LogP contribution in [0.25, 0.3) is 0 Å². The summed E-state index contributed by atoms with van der Waals surface area (Å²) in [5.74, 6) is 0. The molecule has 70 valence electrons. The minimum absolute atomic E-state index is 0.203. The highest BCUT2D eigenvalue weighted by molar-refractivity contribution is 5.07. The molecular weight excluding hydrogens is 152 g/mol. The van der Waals surface area contributed by atoms with E-state index in [0.29, 0.717) is 0 Å². The Morgan fingerprint density at radius 2 is 1.83 bits per heavy atom. The van der Waals surface area contributed by atoms with Crippen molar-refractivity contribution < 1.29 is 10.2 Å². The zero-order chi connectivity index (χ0) is 8.82. The van der Waals surface area contributed by atoms with Crippen LogP contribution in [-0.4, -0.2) is 21.9 Å². The van der Waals surface area contributed by atoms with Crippen molar-refractivity contribution in [3.63, 3.8) is 0 Å². The molecule has 3 unspecified atom stereocenters. The minimum atomic E-state index is -0.551. The van der Waals surface area contributed by atoms with E-state index in [1.54, 1.807) is 0 Å². The van der Waals surface area contributed by atoms with Crippen molar-refractivity contribution in [2.75, 3.05) is 0 Å². The fourth-order valence-electron chi connectivity index (χ4n) is 3.01. The van der Waals surface area contributed by atoms with Gasteiger partial charge in [-0.3, -0.25) is 0 Å². The Labute approximate surface area is 73.6 Å². The van der Waals surface area contributed by atoms with Gasteiger partial charge in [0, 0.05) is 5.41 Å². The predicted molar refractivity (Wildman–Crippen MR) is 46.8 cm³/mol. The lowest BCUT2D eigenvalue weighted by molar-refractivity contribution is -0.117. The maximum absolute atomic E-state index is 10.3. The van der Waals surface area contributed by atoms with E-state index in [4.69, 9.17) is 0 Å². The molecule has 3 atom stereocenters. The summed E-state index contributed by atoms with van der Waals surface area (Å²) < 4.78 is 0. The van der Waals surface area contributed by atoms with Gasteiger partial charge in [0.15, 0.2) is 0 Å². The van der Waals surface area contributed by atoms with Gasteiger partial charge in [-0.2, -0.15) is 0 Å². The van der Waals surface area contributed by atoms with E-state index in [2.05, 4.69) is 0 Å². The Bertz CT molecular complexity index is 188.